The van der Waals surface area contributed by atoms with E-state index in [1.165, 1.54) is 10.8 Å². The van der Waals surface area contributed by atoms with Crippen LogP contribution in [0.15, 0.2) is 179 Å². The minimum atomic E-state index is 0.841. The van der Waals surface area contributed by atoms with Gasteiger partial charge in [0.05, 0.1) is 28.1 Å². The average molecular weight is 641 g/mol. The summed E-state index contributed by atoms with van der Waals surface area (Å²) in [5.41, 5.74) is 9.88. The molecule has 8 aromatic carbocycles. The molecule has 0 fully saturated rings. The van der Waals surface area contributed by atoms with Gasteiger partial charge in [-0.3, -0.25) is 0 Å². The summed E-state index contributed by atoms with van der Waals surface area (Å²) in [4.78, 5) is 2.35. The fourth-order valence-electron chi connectivity index (χ4n) is 7.99. The topological polar surface area (TPSA) is 34.5 Å². The Bertz CT molecular complexity index is 3110. The molecule has 11 aromatic rings. The number of furan rings is 2. The van der Waals surface area contributed by atoms with Gasteiger partial charge in [-0.2, -0.15) is 0 Å². The van der Waals surface area contributed by atoms with Crippen LogP contribution in [0.1, 0.15) is 0 Å². The van der Waals surface area contributed by atoms with Gasteiger partial charge in [0, 0.05) is 49.5 Å². The van der Waals surface area contributed by atoms with Gasteiger partial charge in [-0.25, -0.2) is 0 Å². The van der Waals surface area contributed by atoms with Crippen molar-refractivity contribution in [2.24, 2.45) is 0 Å². The SMILES string of the molecule is c1ccc(-n2c3ccccc3c3c(N(c4ccc5c(c4)oc4c6ccccc6ccc54)c4cccc5c4oc4ccccc45)cccc32)cc1. The monoisotopic (exact) mass is 640 g/mol. The van der Waals surface area contributed by atoms with Crippen LogP contribution >= 0.6 is 0 Å². The van der Waals surface area contributed by atoms with E-state index in [0.29, 0.717) is 0 Å². The largest absolute Gasteiger partial charge is 0.455 e. The van der Waals surface area contributed by atoms with E-state index in [1.54, 1.807) is 0 Å². The van der Waals surface area contributed by atoms with E-state index in [1.807, 2.05) is 12.1 Å². The van der Waals surface area contributed by atoms with E-state index < -0.39 is 0 Å². The van der Waals surface area contributed by atoms with Crippen molar-refractivity contribution in [3.05, 3.63) is 170 Å². The molecule has 0 radical (unpaired) electrons. The highest BCUT2D eigenvalue weighted by molar-refractivity contribution is 6.19. The van der Waals surface area contributed by atoms with Gasteiger partial charge in [-0.05, 0) is 66.0 Å². The summed E-state index contributed by atoms with van der Waals surface area (Å²) in [6.45, 7) is 0. The smallest absolute Gasteiger partial charge is 0.159 e. The zero-order valence-electron chi connectivity index (χ0n) is 26.9. The van der Waals surface area contributed by atoms with Crippen molar-refractivity contribution in [2.45, 2.75) is 0 Å². The fourth-order valence-corrected chi connectivity index (χ4v) is 7.99. The number of aromatic nitrogens is 1. The predicted molar refractivity (Wildman–Crippen MR) is 208 cm³/mol. The zero-order chi connectivity index (χ0) is 32.8. The Morgan fingerprint density at radius 1 is 0.400 bits per heavy atom. The molecule has 0 aliphatic carbocycles. The highest BCUT2D eigenvalue weighted by Gasteiger charge is 2.25. The van der Waals surface area contributed by atoms with Crippen molar-refractivity contribution in [2.75, 3.05) is 4.90 Å². The Morgan fingerprint density at radius 3 is 1.96 bits per heavy atom. The van der Waals surface area contributed by atoms with Crippen LogP contribution in [0.25, 0.3) is 82.1 Å². The summed E-state index contributed by atoms with van der Waals surface area (Å²) < 4.78 is 15.8. The standard InChI is InChI=1S/C46H28N2O2/c1-2-13-30(14-3-1)47-38-19-8-6-17-37(38)44-39(47)20-11-21-40(44)48(41-22-10-18-35-33-16-7-9-23-42(33)49-46(35)41)31-25-27-34-36-26-24-29-12-4-5-15-32(29)45(36)50-43(34)28-31/h1-28H. The van der Waals surface area contributed by atoms with Gasteiger partial charge >= 0.3 is 0 Å². The lowest BCUT2D eigenvalue weighted by Crippen LogP contribution is -2.10. The van der Waals surface area contributed by atoms with Crippen LogP contribution in [0.4, 0.5) is 17.1 Å². The summed E-state index contributed by atoms with van der Waals surface area (Å²) in [6, 6.07) is 60.0. The van der Waals surface area contributed by atoms with E-state index >= 15 is 0 Å². The Hall–Kier alpha value is -6.78. The van der Waals surface area contributed by atoms with Crippen LogP contribution in [0, 0.1) is 0 Å². The maximum atomic E-state index is 6.73. The number of anilines is 3. The summed E-state index contributed by atoms with van der Waals surface area (Å²) in [5, 5.41) is 9.01. The molecule has 0 bridgehead atoms. The fraction of sp³-hybridized carbons (Fsp3) is 0. The molecule has 0 saturated heterocycles. The predicted octanol–water partition coefficient (Wildman–Crippen LogP) is 13.2. The first-order valence-electron chi connectivity index (χ1n) is 16.9. The van der Waals surface area contributed by atoms with E-state index in [-0.39, 0.29) is 0 Å². The van der Waals surface area contributed by atoms with E-state index in [0.717, 1.165) is 88.4 Å². The van der Waals surface area contributed by atoms with Gasteiger partial charge in [-0.1, -0.05) is 103 Å². The Labute approximate surface area is 286 Å². The third kappa shape index (κ3) is 3.81. The molecule has 4 nitrogen and oxygen atoms in total. The number of hydrogen-bond donors (Lipinski definition) is 0. The van der Waals surface area contributed by atoms with Crippen LogP contribution in [0.2, 0.25) is 0 Å². The first-order chi connectivity index (χ1) is 24.8. The second-order valence-electron chi connectivity index (χ2n) is 12.9. The molecule has 3 heterocycles. The van der Waals surface area contributed by atoms with Crippen molar-refractivity contribution in [3.63, 3.8) is 0 Å². The molecule has 11 rings (SSSR count). The summed E-state index contributed by atoms with van der Waals surface area (Å²) in [6.07, 6.45) is 0. The number of rotatable bonds is 4. The minimum absolute atomic E-state index is 0.841. The molecule has 0 spiro atoms. The Morgan fingerprint density at radius 2 is 1.04 bits per heavy atom. The minimum Gasteiger partial charge on any atom is -0.455 e. The van der Waals surface area contributed by atoms with Gasteiger partial charge < -0.3 is 18.3 Å². The lowest BCUT2D eigenvalue weighted by Gasteiger charge is -2.26. The van der Waals surface area contributed by atoms with Crippen LogP contribution in [0.3, 0.4) is 0 Å². The number of nitrogens with zero attached hydrogens (tertiary/aromatic N) is 2. The van der Waals surface area contributed by atoms with E-state index in [4.69, 9.17) is 8.83 Å². The molecule has 50 heavy (non-hydrogen) atoms. The highest BCUT2D eigenvalue weighted by atomic mass is 16.3. The van der Waals surface area contributed by atoms with Crippen molar-refractivity contribution >= 4 is 93.5 Å². The summed E-state index contributed by atoms with van der Waals surface area (Å²) in [7, 11) is 0. The molecule has 0 aliphatic heterocycles. The van der Waals surface area contributed by atoms with E-state index in [2.05, 4.69) is 167 Å². The van der Waals surface area contributed by atoms with Gasteiger partial charge in [0.2, 0.25) is 0 Å². The van der Waals surface area contributed by atoms with Gasteiger partial charge in [-0.15, -0.1) is 0 Å². The van der Waals surface area contributed by atoms with Gasteiger partial charge in [0.25, 0.3) is 0 Å². The number of benzene rings is 8. The number of para-hydroxylation sites is 4. The molecule has 0 saturated carbocycles. The highest BCUT2D eigenvalue weighted by Crippen LogP contribution is 2.48. The molecule has 234 valence electrons. The maximum Gasteiger partial charge on any atom is 0.159 e. The van der Waals surface area contributed by atoms with Gasteiger partial charge in [0.1, 0.15) is 16.7 Å². The quantitative estimate of drug-likeness (QED) is 0.192. The maximum absolute atomic E-state index is 6.73. The Kier molecular flexibility index (Phi) is 5.63. The van der Waals surface area contributed by atoms with Crippen molar-refractivity contribution in [1.29, 1.82) is 0 Å². The number of hydrogen-bond acceptors (Lipinski definition) is 3. The molecule has 0 amide bonds. The third-order valence-corrected chi connectivity index (χ3v) is 10.2. The second-order valence-corrected chi connectivity index (χ2v) is 12.9. The normalized spacial score (nSPS) is 12.0. The zero-order valence-corrected chi connectivity index (χ0v) is 26.9. The Balaban J connectivity index is 1.25. The lowest BCUT2D eigenvalue weighted by atomic mass is 10.0. The van der Waals surface area contributed by atoms with Crippen LogP contribution in [-0.4, -0.2) is 4.57 Å². The molecule has 0 N–H and O–H groups in total. The summed E-state index contributed by atoms with van der Waals surface area (Å²) in [5.74, 6) is 0. The van der Waals surface area contributed by atoms with E-state index in [9.17, 15) is 0 Å². The molecule has 3 aromatic heterocycles. The van der Waals surface area contributed by atoms with Crippen molar-refractivity contribution in [1.82, 2.24) is 4.57 Å². The van der Waals surface area contributed by atoms with Crippen molar-refractivity contribution in [3.8, 4) is 5.69 Å². The molecular formula is C46H28N2O2. The van der Waals surface area contributed by atoms with Crippen molar-refractivity contribution < 1.29 is 8.83 Å². The number of fused-ring (bicyclic) bond motifs is 11. The van der Waals surface area contributed by atoms with Gasteiger partial charge in [0.15, 0.2) is 5.58 Å². The third-order valence-electron chi connectivity index (χ3n) is 10.2. The van der Waals surface area contributed by atoms with Crippen LogP contribution in [0.5, 0.6) is 0 Å². The molecule has 4 heteroatoms. The first-order valence-corrected chi connectivity index (χ1v) is 16.9. The molecule has 0 atom stereocenters. The average Bonchev–Trinajstić information content (AvgIpc) is 3.85. The second kappa shape index (κ2) is 10.4. The molecule has 0 aliphatic rings. The molecule has 0 unspecified atom stereocenters. The van der Waals surface area contributed by atoms with Crippen LogP contribution < -0.4 is 4.90 Å². The molecular weight excluding hydrogens is 613 g/mol. The first kappa shape index (κ1) is 27.2. The summed E-state index contributed by atoms with van der Waals surface area (Å²) >= 11 is 0. The lowest BCUT2D eigenvalue weighted by molar-refractivity contribution is 0.668. The van der Waals surface area contributed by atoms with Crippen LogP contribution in [-0.2, 0) is 0 Å².